The molecule has 0 aromatic rings. The van der Waals surface area contributed by atoms with Crippen LogP contribution in [0.25, 0.3) is 0 Å². The van der Waals surface area contributed by atoms with E-state index in [0.29, 0.717) is 0 Å². The van der Waals surface area contributed by atoms with Crippen LogP contribution in [0.1, 0.15) is 58.3 Å². The summed E-state index contributed by atoms with van der Waals surface area (Å²) in [6.45, 7) is 4.51. The first kappa shape index (κ1) is 13.6. The molecule has 0 spiro atoms. The molecular weight excluding hydrogens is 234 g/mol. The number of rotatable bonds is 7. The number of nitrogens with one attached hydrogen (secondary N) is 1. The molecule has 108 valence electrons. The fourth-order valence-corrected chi connectivity index (χ4v) is 3.35. The van der Waals surface area contributed by atoms with Crippen molar-refractivity contribution in [2.45, 2.75) is 69.9 Å². The summed E-state index contributed by atoms with van der Waals surface area (Å²) in [5.74, 6) is 1.55. The molecule has 0 aromatic carbocycles. The maximum atomic E-state index is 6.40. The van der Waals surface area contributed by atoms with Crippen LogP contribution in [-0.2, 0) is 4.74 Å². The maximum Gasteiger partial charge on any atom is 0.0694 e. The molecule has 2 atom stereocenters. The maximum absolute atomic E-state index is 6.40. The monoisotopic (exact) mass is 263 g/mol. The summed E-state index contributed by atoms with van der Waals surface area (Å²) in [5, 5.41) is 3.64. The Bertz CT molecular complexity index is 317. The van der Waals surface area contributed by atoms with Gasteiger partial charge in [0.05, 0.1) is 12.2 Å². The minimum atomic E-state index is 0.239. The van der Waals surface area contributed by atoms with E-state index in [2.05, 4.69) is 24.4 Å². The molecule has 3 rings (SSSR count). The lowest BCUT2D eigenvalue weighted by Crippen LogP contribution is -2.44. The predicted octanol–water partition coefficient (Wildman–Crippen LogP) is 3.67. The Morgan fingerprint density at radius 3 is 2.63 bits per heavy atom. The molecule has 0 saturated heterocycles. The van der Waals surface area contributed by atoms with Crippen LogP contribution in [0.2, 0.25) is 0 Å². The van der Waals surface area contributed by atoms with Crippen LogP contribution in [-0.4, -0.2) is 24.8 Å². The van der Waals surface area contributed by atoms with Crippen LogP contribution < -0.4 is 5.32 Å². The van der Waals surface area contributed by atoms with Gasteiger partial charge >= 0.3 is 0 Å². The fraction of sp³-hybridized carbons (Fsp3) is 0.882. The molecule has 2 heteroatoms. The lowest BCUT2D eigenvalue weighted by atomic mass is 9.77. The molecule has 0 heterocycles. The first-order valence-corrected chi connectivity index (χ1v) is 8.30. The quantitative estimate of drug-likeness (QED) is 0.708. The molecule has 2 nitrogen and oxygen atoms in total. The molecule has 2 unspecified atom stereocenters. The van der Waals surface area contributed by atoms with Crippen molar-refractivity contribution in [2.75, 3.05) is 13.2 Å². The minimum absolute atomic E-state index is 0.239. The van der Waals surface area contributed by atoms with Crippen molar-refractivity contribution in [3.05, 3.63) is 12.2 Å². The average molecular weight is 263 g/mol. The molecule has 2 fully saturated rings. The van der Waals surface area contributed by atoms with E-state index in [0.717, 1.165) is 31.0 Å². The van der Waals surface area contributed by atoms with Gasteiger partial charge in [0.15, 0.2) is 0 Å². The first-order chi connectivity index (χ1) is 9.27. The molecule has 0 aliphatic heterocycles. The van der Waals surface area contributed by atoms with E-state index in [9.17, 15) is 0 Å². The van der Waals surface area contributed by atoms with Crippen molar-refractivity contribution in [3.63, 3.8) is 0 Å². The summed E-state index contributed by atoms with van der Waals surface area (Å²) >= 11 is 0. The van der Waals surface area contributed by atoms with Gasteiger partial charge in [-0.05, 0) is 69.7 Å². The third-order valence-electron chi connectivity index (χ3n) is 5.38. The van der Waals surface area contributed by atoms with Gasteiger partial charge in [0.1, 0.15) is 0 Å². The van der Waals surface area contributed by atoms with Crippen molar-refractivity contribution in [3.8, 4) is 0 Å². The van der Waals surface area contributed by atoms with Crippen molar-refractivity contribution in [2.24, 2.45) is 11.8 Å². The largest absolute Gasteiger partial charge is 0.375 e. The highest BCUT2D eigenvalue weighted by atomic mass is 16.5. The molecule has 0 aromatic heterocycles. The third kappa shape index (κ3) is 3.61. The Labute approximate surface area is 118 Å². The van der Waals surface area contributed by atoms with E-state index in [-0.39, 0.29) is 5.60 Å². The second kappa shape index (κ2) is 5.97. The normalized spacial score (nSPS) is 33.1. The lowest BCUT2D eigenvalue weighted by molar-refractivity contribution is -0.120. The topological polar surface area (TPSA) is 21.3 Å². The molecule has 0 amide bonds. The van der Waals surface area contributed by atoms with Gasteiger partial charge in [0.25, 0.3) is 0 Å². The Morgan fingerprint density at radius 2 is 2.00 bits per heavy atom. The van der Waals surface area contributed by atoms with Gasteiger partial charge in [-0.25, -0.2) is 0 Å². The SMILES string of the molecule is CC1CC=CCC1COC1(CCNC2CC2)CCC1. The van der Waals surface area contributed by atoms with Crippen LogP contribution in [0.4, 0.5) is 0 Å². The minimum Gasteiger partial charge on any atom is -0.375 e. The summed E-state index contributed by atoms with van der Waals surface area (Å²) < 4.78 is 6.40. The fourth-order valence-electron chi connectivity index (χ4n) is 3.35. The summed E-state index contributed by atoms with van der Waals surface area (Å²) in [6, 6.07) is 0.834. The van der Waals surface area contributed by atoms with Crippen LogP contribution in [0.5, 0.6) is 0 Å². The first-order valence-electron chi connectivity index (χ1n) is 8.30. The standard InChI is InChI=1S/C17H29NO/c1-14-5-2-3-6-15(14)13-19-17(9-4-10-17)11-12-18-16-7-8-16/h2-3,14-16,18H,4-13H2,1H3. The van der Waals surface area contributed by atoms with Crippen LogP contribution in [0, 0.1) is 11.8 Å². The van der Waals surface area contributed by atoms with Crippen LogP contribution >= 0.6 is 0 Å². The average Bonchev–Trinajstić information content (AvgIpc) is 3.17. The number of hydrogen-bond acceptors (Lipinski definition) is 2. The van der Waals surface area contributed by atoms with E-state index >= 15 is 0 Å². The smallest absolute Gasteiger partial charge is 0.0694 e. The van der Waals surface area contributed by atoms with Gasteiger partial charge < -0.3 is 10.1 Å². The van der Waals surface area contributed by atoms with E-state index in [1.807, 2.05) is 0 Å². The molecule has 1 N–H and O–H groups in total. The highest BCUT2D eigenvalue weighted by Crippen LogP contribution is 2.40. The van der Waals surface area contributed by atoms with Gasteiger partial charge in [-0.1, -0.05) is 19.1 Å². The molecule has 2 saturated carbocycles. The molecule has 3 aliphatic carbocycles. The zero-order chi connectivity index (χ0) is 13.1. The Balaban J connectivity index is 1.41. The predicted molar refractivity (Wildman–Crippen MR) is 79.2 cm³/mol. The van der Waals surface area contributed by atoms with Gasteiger partial charge in [0.2, 0.25) is 0 Å². The summed E-state index contributed by atoms with van der Waals surface area (Å²) in [5.41, 5.74) is 0.239. The Morgan fingerprint density at radius 1 is 1.21 bits per heavy atom. The number of allylic oxidation sites excluding steroid dienone is 2. The van der Waals surface area contributed by atoms with Crippen LogP contribution in [0.15, 0.2) is 12.2 Å². The Hall–Kier alpha value is -0.340. The molecule has 0 radical (unpaired) electrons. The second-order valence-electron chi connectivity index (χ2n) is 7.01. The summed E-state index contributed by atoms with van der Waals surface area (Å²) in [7, 11) is 0. The second-order valence-corrected chi connectivity index (χ2v) is 7.01. The van der Waals surface area contributed by atoms with E-state index in [4.69, 9.17) is 4.74 Å². The molecular formula is C17H29NO. The van der Waals surface area contributed by atoms with E-state index < -0.39 is 0 Å². The van der Waals surface area contributed by atoms with Crippen molar-refractivity contribution in [1.29, 1.82) is 0 Å². The highest BCUT2D eigenvalue weighted by molar-refractivity contribution is 4.95. The zero-order valence-corrected chi connectivity index (χ0v) is 12.4. The molecule has 19 heavy (non-hydrogen) atoms. The van der Waals surface area contributed by atoms with E-state index in [1.165, 1.54) is 51.4 Å². The van der Waals surface area contributed by atoms with Crippen molar-refractivity contribution < 1.29 is 4.74 Å². The van der Waals surface area contributed by atoms with Crippen molar-refractivity contribution >= 4 is 0 Å². The highest BCUT2D eigenvalue weighted by Gasteiger charge is 2.38. The summed E-state index contributed by atoms with van der Waals surface area (Å²) in [4.78, 5) is 0. The third-order valence-corrected chi connectivity index (χ3v) is 5.38. The molecule has 0 bridgehead atoms. The Kier molecular flexibility index (Phi) is 4.28. The molecule has 3 aliphatic rings. The summed E-state index contributed by atoms with van der Waals surface area (Å²) in [6.07, 6.45) is 15.1. The lowest BCUT2D eigenvalue weighted by Gasteiger charge is -2.43. The number of ether oxygens (including phenoxy) is 1. The van der Waals surface area contributed by atoms with Crippen LogP contribution in [0.3, 0.4) is 0 Å². The van der Waals surface area contributed by atoms with Gasteiger partial charge in [-0.2, -0.15) is 0 Å². The van der Waals surface area contributed by atoms with Gasteiger partial charge in [-0.3, -0.25) is 0 Å². The van der Waals surface area contributed by atoms with Gasteiger partial charge in [-0.15, -0.1) is 0 Å². The number of hydrogen-bond donors (Lipinski definition) is 1. The zero-order valence-electron chi connectivity index (χ0n) is 12.4. The van der Waals surface area contributed by atoms with E-state index in [1.54, 1.807) is 0 Å². The van der Waals surface area contributed by atoms with Crippen molar-refractivity contribution in [1.82, 2.24) is 5.32 Å². The van der Waals surface area contributed by atoms with Gasteiger partial charge in [0, 0.05) is 6.04 Å².